The minimum atomic E-state index is -3.64. The number of anilines is 1. The molecule has 11 heteroatoms. The minimum Gasteiger partial charge on any atom is -0.379 e. The minimum absolute atomic E-state index is 0.120. The van der Waals surface area contributed by atoms with Crippen molar-refractivity contribution in [1.82, 2.24) is 19.1 Å². The van der Waals surface area contributed by atoms with Gasteiger partial charge in [0.15, 0.2) is 5.16 Å². The van der Waals surface area contributed by atoms with Crippen LogP contribution in [-0.2, 0) is 26.1 Å². The molecule has 3 rings (SSSR count). The summed E-state index contributed by atoms with van der Waals surface area (Å²) < 4.78 is 34.3. The standard InChI is InChI=1S/C19H25N5O4S2/c1-4-7-24-15(3)21-22-19(24)29-13-18(25)20-17-12-16(6-5-14(17)2)30(26,27)23-8-10-28-11-9-23/h4-6,12H,1,7-11,13H2,2-3H3,(H,20,25). The van der Waals surface area contributed by atoms with Crippen molar-refractivity contribution in [3.05, 3.63) is 42.2 Å². The fourth-order valence-corrected chi connectivity index (χ4v) is 5.18. The number of benzene rings is 1. The Morgan fingerprint density at radius 2 is 2.03 bits per heavy atom. The summed E-state index contributed by atoms with van der Waals surface area (Å²) in [5, 5.41) is 11.5. The topological polar surface area (TPSA) is 106 Å². The van der Waals surface area contributed by atoms with E-state index in [9.17, 15) is 13.2 Å². The summed E-state index contributed by atoms with van der Waals surface area (Å²) in [5.74, 6) is 0.610. The first-order chi connectivity index (χ1) is 14.3. The molecule has 0 saturated carbocycles. The van der Waals surface area contributed by atoms with Gasteiger partial charge < -0.3 is 14.6 Å². The van der Waals surface area contributed by atoms with Gasteiger partial charge in [0.1, 0.15) is 5.82 Å². The van der Waals surface area contributed by atoms with Gasteiger partial charge in [0.25, 0.3) is 0 Å². The second-order valence-electron chi connectivity index (χ2n) is 6.76. The van der Waals surface area contributed by atoms with E-state index >= 15 is 0 Å². The highest BCUT2D eigenvalue weighted by Crippen LogP contribution is 2.24. The maximum Gasteiger partial charge on any atom is 0.243 e. The van der Waals surface area contributed by atoms with Crippen LogP contribution in [0.2, 0.25) is 0 Å². The highest BCUT2D eigenvalue weighted by molar-refractivity contribution is 7.99. The third-order valence-corrected chi connectivity index (χ3v) is 7.50. The van der Waals surface area contributed by atoms with E-state index in [1.165, 1.54) is 22.1 Å². The van der Waals surface area contributed by atoms with Gasteiger partial charge in [0.2, 0.25) is 15.9 Å². The van der Waals surface area contributed by atoms with Crippen LogP contribution in [-0.4, -0.2) is 65.5 Å². The van der Waals surface area contributed by atoms with Crippen molar-refractivity contribution < 1.29 is 17.9 Å². The Morgan fingerprint density at radius 3 is 2.73 bits per heavy atom. The van der Waals surface area contributed by atoms with Crippen LogP contribution in [0.1, 0.15) is 11.4 Å². The summed E-state index contributed by atoms with van der Waals surface area (Å²) in [4.78, 5) is 12.6. The number of aryl methyl sites for hydroxylation is 2. The molecule has 1 N–H and O–H groups in total. The molecule has 30 heavy (non-hydrogen) atoms. The Hall–Kier alpha value is -2.21. The van der Waals surface area contributed by atoms with E-state index in [1.807, 2.05) is 18.4 Å². The van der Waals surface area contributed by atoms with Crippen molar-refractivity contribution in [2.45, 2.75) is 30.4 Å². The van der Waals surface area contributed by atoms with Gasteiger partial charge in [-0.2, -0.15) is 4.31 Å². The van der Waals surface area contributed by atoms with E-state index in [1.54, 1.807) is 18.2 Å². The number of aromatic nitrogens is 3. The van der Waals surface area contributed by atoms with Crippen LogP contribution in [0.15, 0.2) is 40.9 Å². The molecule has 2 heterocycles. The zero-order chi connectivity index (χ0) is 21.7. The molecule has 0 unspecified atom stereocenters. The van der Waals surface area contributed by atoms with Crippen LogP contribution in [0.3, 0.4) is 0 Å². The summed E-state index contributed by atoms with van der Waals surface area (Å²) >= 11 is 1.26. The van der Waals surface area contributed by atoms with Crippen molar-refractivity contribution in [2.75, 3.05) is 37.4 Å². The van der Waals surface area contributed by atoms with Gasteiger partial charge in [-0.05, 0) is 31.5 Å². The van der Waals surface area contributed by atoms with Crippen LogP contribution in [0.4, 0.5) is 5.69 Å². The lowest BCUT2D eigenvalue weighted by atomic mass is 10.2. The van der Waals surface area contributed by atoms with Crippen LogP contribution in [0.5, 0.6) is 0 Å². The van der Waals surface area contributed by atoms with Crippen molar-refractivity contribution in [2.24, 2.45) is 0 Å². The number of sulfonamides is 1. The van der Waals surface area contributed by atoms with Crippen molar-refractivity contribution in [3.8, 4) is 0 Å². The molecular weight excluding hydrogens is 426 g/mol. The number of carbonyl (C=O) groups excluding carboxylic acids is 1. The number of allylic oxidation sites excluding steroid dienone is 1. The molecule has 0 atom stereocenters. The predicted octanol–water partition coefficient (Wildman–Crippen LogP) is 1.83. The van der Waals surface area contributed by atoms with Crippen molar-refractivity contribution in [3.63, 3.8) is 0 Å². The molecule has 2 aromatic rings. The second kappa shape index (κ2) is 9.73. The van der Waals surface area contributed by atoms with Crippen LogP contribution in [0.25, 0.3) is 0 Å². The first-order valence-electron chi connectivity index (χ1n) is 9.45. The summed E-state index contributed by atoms with van der Waals surface area (Å²) in [6, 6.07) is 4.76. The van der Waals surface area contributed by atoms with Crippen LogP contribution in [0, 0.1) is 13.8 Å². The number of rotatable bonds is 8. The number of thioether (sulfide) groups is 1. The lowest BCUT2D eigenvalue weighted by Crippen LogP contribution is -2.40. The SMILES string of the molecule is C=CCn1c(C)nnc1SCC(=O)Nc1cc(S(=O)(=O)N2CCOCC2)ccc1C. The number of nitrogens with zero attached hydrogens (tertiary/aromatic N) is 4. The molecule has 0 radical (unpaired) electrons. The number of ether oxygens (including phenoxy) is 1. The number of carbonyl (C=O) groups is 1. The van der Waals surface area contributed by atoms with Gasteiger partial charge in [0, 0.05) is 25.3 Å². The smallest absolute Gasteiger partial charge is 0.243 e. The molecule has 0 bridgehead atoms. The summed E-state index contributed by atoms with van der Waals surface area (Å²) in [7, 11) is -3.64. The highest BCUT2D eigenvalue weighted by Gasteiger charge is 2.27. The quantitative estimate of drug-likeness (QED) is 0.482. The Morgan fingerprint density at radius 1 is 1.30 bits per heavy atom. The van der Waals surface area contributed by atoms with Gasteiger partial charge in [0.05, 0.1) is 23.9 Å². The molecule has 1 aliphatic rings. The first kappa shape index (κ1) is 22.5. The van der Waals surface area contributed by atoms with Crippen LogP contribution >= 0.6 is 11.8 Å². The van der Waals surface area contributed by atoms with Gasteiger partial charge in [-0.1, -0.05) is 23.9 Å². The van der Waals surface area contributed by atoms with Gasteiger partial charge >= 0.3 is 0 Å². The Labute approximate surface area is 180 Å². The van der Waals surface area contributed by atoms with E-state index in [0.29, 0.717) is 43.7 Å². The zero-order valence-corrected chi connectivity index (χ0v) is 18.6. The molecule has 1 aliphatic heterocycles. The third kappa shape index (κ3) is 5.09. The molecule has 9 nitrogen and oxygen atoms in total. The van der Waals surface area contributed by atoms with Crippen molar-refractivity contribution in [1.29, 1.82) is 0 Å². The Kier molecular flexibility index (Phi) is 7.29. The summed E-state index contributed by atoms with van der Waals surface area (Å²) in [6.45, 7) is 9.32. The molecule has 0 aliphatic carbocycles. The number of hydrogen-bond acceptors (Lipinski definition) is 7. The summed E-state index contributed by atoms with van der Waals surface area (Å²) in [5.41, 5.74) is 1.25. The van der Waals surface area contributed by atoms with E-state index in [-0.39, 0.29) is 16.6 Å². The molecule has 1 aromatic carbocycles. The summed E-state index contributed by atoms with van der Waals surface area (Å²) in [6.07, 6.45) is 1.74. The van der Waals surface area contributed by atoms with E-state index in [4.69, 9.17) is 4.74 Å². The molecule has 162 valence electrons. The number of hydrogen-bond donors (Lipinski definition) is 1. The van der Waals surface area contributed by atoms with E-state index in [0.717, 1.165) is 11.4 Å². The van der Waals surface area contributed by atoms with E-state index < -0.39 is 10.0 Å². The zero-order valence-electron chi connectivity index (χ0n) is 17.0. The fourth-order valence-electron chi connectivity index (χ4n) is 2.96. The third-order valence-electron chi connectivity index (χ3n) is 4.64. The molecule has 1 saturated heterocycles. The molecule has 0 spiro atoms. The lowest BCUT2D eigenvalue weighted by molar-refractivity contribution is -0.113. The van der Waals surface area contributed by atoms with Crippen LogP contribution < -0.4 is 5.32 Å². The van der Waals surface area contributed by atoms with Gasteiger partial charge in [-0.25, -0.2) is 8.42 Å². The molecular formula is C19H25N5O4S2. The van der Waals surface area contributed by atoms with E-state index in [2.05, 4.69) is 22.1 Å². The average molecular weight is 452 g/mol. The maximum atomic E-state index is 12.9. The first-order valence-corrected chi connectivity index (χ1v) is 11.9. The Balaban J connectivity index is 1.70. The van der Waals surface area contributed by atoms with Gasteiger partial charge in [-0.15, -0.1) is 16.8 Å². The highest BCUT2D eigenvalue weighted by atomic mass is 32.2. The Bertz CT molecular complexity index is 1030. The number of amides is 1. The van der Waals surface area contributed by atoms with Crippen molar-refractivity contribution >= 4 is 33.4 Å². The predicted molar refractivity (Wildman–Crippen MR) is 115 cm³/mol. The second-order valence-corrected chi connectivity index (χ2v) is 9.64. The number of nitrogens with one attached hydrogen (secondary N) is 1. The normalized spacial score (nSPS) is 15.1. The number of morpholine rings is 1. The fraction of sp³-hybridized carbons (Fsp3) is 0.421. The van der Waals surface area contributed by atoms with Gasteiger partial charge in [-0.3, -0.25) is 4.79 Å². The molecule has 1 amide bonds. The monoisotopic (exact) mass is 451 g/mol. The largest absolute Gasteiger partial charge is 0.379 e. The maximum absolute atomic E-state index is 12.9. The molecule has 1 fully saturated rings. The lowest BCUT2D eigenvalue weighted by Gasteiger charge is -2.26. The molecule has 1 aromatic heterocycles. The average Bonchev–Trinajstić information content (AvgIpc) is 3.08.